The molecule has 16 heavy (non-hydrogen) atoms. The van der Waals surface area contributed by atoms with E-state index in [1.165, 1.54) is 0 Å². The van der Waals surface area contributed by atoms with Crippen LogP contribution in [0.1, 0.15) is 0 Å². The molecule has 3 N–H and O–H groups in total. The minimum atomic E-state index is 0.654. The fraction of sp³-hybridized carbons (Fsp3) is 0.182. The summed E-state index contributed by atoms with van der Waals surface area (Å²) in [5, 5.41) is 1.64. The smallest absolute Gasteiger partial charge is 0.165 e. The van der Waals surface area contributed by atoms with Crippen LogP contribution in [0.2, 0.25) is 5.02 Å². The average molecular weight is 254 g/mol. The summed E-state index contributed by atoms with van der Waals surface area (Å²) in [7, 11) is 0. The van der Waals surface area contributed by atoms with E-state index in [4.69, 9.17) is 17.3 Å². The Kier molecular flexibility index (Phi) is 3.88. The normalized spacial score (nSPS) is 10.6. The van der Waals surface area contributed by atoms with Crippen LogP contribution in [0.4, 0.5) is 0 Å². The molecule has 1 aromatic carbocycles. The summed E-state index contributed by atoms with van der Waals surface area (Å²) in [5.74, 6) is 0.869. The van der Waals surface area contributed by atoms with E-state index < -0.39 is 0 Å². The summed E-state index contributed by atoms with van der Waals surface area (Å²) in [6.07, 6.45) is 1.82. The largest absolute Gasteiger partial charge is 0.333 e. The second kappa shape index (κ2) is 5.39. The molecule has 0 saturated carbocycles. The van der Waals surface area contributed by atoms with Crippen LogP contribution in [-0.4, -0.2) is 22.3 Å². The molecule has 1 heterocycles. The number of thioether (sulfide) groups is 1. The van der Waals surface area contributed by atoms with Crippen molar-refractivity contribution in [3.8, 4) is 11.3 Å². The summed E-state index contributed by atoms with van der Waals surface area (Å²) >= 11 is 7.45. The van der Waals surface area contributed by atoms with E-state index in [9.17, 15) is 0 Å². The van der Waals surface area contributed by atoms with Gasteiger partial charge in [0, 0.05) is 17.3 Å². The van der Waals surface area contributed by atoms with Gasteiger partial charge < -0.3 is 10.7 Å². The predicted octanol–water partition coefficient (Wildman–Crippen LogP) is 2.78. The van der Waals surface area contributed by atoms with Crippen molar-refractivity contribution >= 4 is 23.4 Å². The van der Waals surface area contributed by atoms with Crippen LogP contribution < -0.4 is 5.73 Å². The minimum Gasteiger partial charge on any atom is -0.333 e. The first kappa shape index (κ1) is 11.5. The van der Waals surface area contributed by atoms with Crippen LogP contribution in [0.25, 0.3) is 11.3 Å². The third-order valence-electron chi connectivity index (χ3n) is 2.06. The second-order valence-electron chi connectivity index (χ2n) is 3.25. The highest BCUT2D eigenvalue weighted by Gasteiger charge is 2.03. The van der Waals surface area contributed by atoms with Crippen LogP contribution >= 0.6 is 23.4 Å². The molecule has 3 nitrogen and oxygen atoms in total. The Hall–Kier alpha value is -0.970. The molecule has 0 unspecified atom stereocenters. The van der Waals surface area contributed by atoms with Gasteiger partial charge in [0.05, 0.1) is 11.9 Å². The lowest BCUT2D eigenvalue weighted by atomic mass is 10.2. The fourth-order valence-electron chi connectivity index (χ4n) is 1.31. The van der Waals surface area contributed by atoms with Gasteiger partial charge in [-0.2, -0.15) is 0 Å². The van der Waals surface area contributed by atoms with E-state index >= 15 is 0 Å². The van der Waals surface area contributed by atoms with Crippen molar-refractivity contribution in [3.05, 3.63) is 35.5 Å². The number of nitrogens with one attached hydrogen (secondary N) is 1. The molecule has 2 rings (SSSR count). The summed E-state index contributed by atoms with van der Waals surface area (Å²) in [5.41, 5.74) is 7.51. The number of nitrogens with zero attached hydrogens (tertiary/aromatic N) is 1. The molecule has 0 radical (unpaired) electrons. The summed E-state index contributed by atoms with van der Waals surface area (Å²) in [6, 6.07) is 7.66. The first-order chi connectivity index (χ1) is 7.79. The average Bonchev–Trinajstić information content (AvgIpc) is 2.76. The van der Waals surface area contributed by atoms with Gasteiger partial charge in [0.1, 0.15) is 0 Å². The summed E-state index contributed by atoms with van der Waals surface area (Å²) < 4.78 is 0. The van der Waals surface area contributed by atoms with Crippen molar-refractivity contribution in [2.75, 3.05) is 12.3 Å². The molecule has 0 aliphatic heterocycles. The molecule has 0 fully saturated rings. The molecule has 0 bridgehead atoms. The van der Waals surface area contributed by atoms with E-state index in [-0.39, 0.29) is 0 Å². The first-order valence-corrected chi connectivity index (χ1v) is 6.30. The summed E-state index contributed by atoms with van der Waals surface area (Å²) in [4.78, 5) is 7.51. The molecule has 0 atom stereocenters. The van der Waals surface area contributed by atoms with Crippen molar-refractivity contribution in [2.45, 2.75) is 5.16 Å². The van der Waals surface area contributed by atoms with E-state index in [2.05, 4.69) is 9.97 Å². The number of hydrogen-bond acceptors (Lipinski definition) is 3. The Labute approximate surface area is 103 Å². The van der Waals surface area contributed by atoms with Crippen molar-refractivity contribution in [1.29, 1.82) is 0 Å². The molecule has 0 amide bonds. The van der Waals surface area contributed by atoms with Gasteiger partial charge in [0.15, 0.2) is 5.16 Å². The molecule has 1 aromatic heterocycles. The number of nitrogens with two attached hydrogens (primary N) is 1. The molecular weight excluding hydrogens is 242 g/mol. The van der Waals surface area contributed by atoms with Gasteiger partial charge in [-0.05, 0) is 17.7 Å². The lowest BCUT2D eigenvalue weighted by Crippen LogP contribution is -2.01. The standard InChI is InChI=1S/C11H12ClN3S/c12-9-3-1-8(2-4-9)10-7-14-11(15-10)16-6-5-13/h1-4,7H,5-6,13H2,(H,14,15). The van der Waals surface area contributed by atoms with Crippen LogP contribution in [0.3, 0.4) is 0 Å². The van der Waals surface area contributed by atoms with Gasteiger partial charge in [-0.25, -0.2) is 4.98 Å². The van der Waals surface area contributed by atoms with Crippen molar-refractivity contribution in [3.63, 3.8) is 0 Å². The van der Waals surface area contributed by atoms with Crippen LogP contribution in [0, 0.1) is 0 Å². The van der Waals surface area contributed by atoms with Crippen LogP contribution in [0.5, 0.6) is 0 Å². The van der Waals surface area contributed by atoms with E-state index in [0.29, 0.717) is 6.54 Å². The quantitative estimate of drug-likeness (QED) is 0.824. The zero-order valence-corrected chi connectivity index (χ0v) is 10.2. The highest BCUT2D eigenvalue weighted by Crippen LogP contribution is 2.22. The van der Waals surface area contributed by atoms with Gasteiger partial charge in [-0.15, -0.1) is 0 Å². The van der Waals surface area contributed by atoms with Crippen molar-refractivity contribution < 1.29 is 0 Å². The Morgan fingerprint density at radius 2 is 2.06 bits per heavy atom. The highest BCUT2D eigenvalue weighted by molar-refractivity contribution is 7.99. The minimum absolute atomic E-state index is 0.654. The number of halogens is 1. The lowest BCUT2D eigenvalue weighted by molar-refractivity contribution is 1.05. The molecule has 2 aromatic rings. The zero-order valence-electron chi connectivity index (χ0n) is 8.61. The monoisotopic (exact) mass is 253 g/mol. The maximum atomic E-state index is 5.83. The number of hydrogen-bond donors (Lipinski definition) is 2. The van der Waals surface area contributed by atoms with Gasteiger partial charge in [-0.3, -0.25) is 0 Å². The molecule has 0 saturated heterocycles. The SMILES string of the molecule is NCCSc1ncc(-c2ccc(Cl)cc2)[nH]1. The number of benzene rings is 1. The van der Waals surface area contributed by atoms with Gasteiger partial charge in [0.2, 0.25) is 0 Å². The molecule has 5 heteroatoms. The molecular formula is C11H12ClN3S. The highest BCUT2D eigenvalue weighted by atomic mass is 35.5. The van der Waals surface area contributed by atoms with E-state index in [0.717, 1.165) is 27.2 Å². The van der Waals surface area contributed by atoms with Crippen LogP contribution in [0.15, 0.2) is 35.6 Å². The predicted molar refractivity (Wildman–Crippen MR) is 68.8 cm³/mol. The van der Waals surface area contributed by atoms with Gasteiger partial charge >= 0.3 is 0 Å². The zero-order chi connectivity index (χ0) is 11.4. The number of H-pyrrole nitrogens is 1. The topological polar surface area (TPSA) is 54.7 Å². The number of aromatic nitrogens is 2. The first-order valence-electron chi connectivity index (χ1n) is 4.93. The summed E-state index contributed by atoms with van der Waals surface area (Å²) in [6.45, 7) is 0.654. The van der Waals surface area contributed by atoms with Crippen molar-refractivity contribution in [2.24, 2.45) is 5.73 Å². The molecule has 0 spiro atoms. The van der Waals surface area contributed by atoms with Crippen molar-refractivity contribution in [1.82, 2.24) is 9.97 Å². The Balaban J connectivity index is 2.15. The van der Waals surface area contributed by atoms with Gasteiger partial charge in [0.25, 0.3) is 0 Å². The number of aromatic amines is 1. The van der Waals surface area contributed by atoms with E-state index in [1.54, 1.807) is 11.8 Å². The maximum absolute atomic E-state index is 5.83. The molecule has 84 valence electrons. The number of rotatable bonds is 4. The Morgan fingerprint density at radius 1 is 1.31 bits per heavy atom. The Morgan fingerprint density at radius 3 is 2.75 bits per heavy atom. The molecule has 0 aliphatic rings. The third-order valence-corrected chi connectivity index (χ3v) is 3.24. The van der Waals surface area contributed by atoms with Crippen LogP contribution in [-0.2, 0) is 0 Å². The fourth-order valence-corrected chi connectivity index (χ4v) is 2.05. The molecule has 0 aliphatic carbocycles. The van der Waals surface area contributed by atoms with Gasteiger partial charge in [-0.1, -0.05) is 35.5 Å². The second-order valence-corrected chi connectivity index (χ2v) is 4.77. The third kappa shape index (κ3) is 2.78. The maximum Gasteiger partial charge on any atom is 0.165 e. The Bertz CT molecular complexity index is 453. The lowest BCUT2D eigenvalue weighted by Gasteiger charge is -1.97. The number of imidazole rings is 1. The van der Waals surface area contributed by atoms with E-state index in [1.807, 2.05) is 30.5 Å².